The summed E-state index contributed by atoms with van der Waals surface area (Å²) in [4.78, 5) is 22.1. The van der Waals surface area contributed by atoms with Gasteiger partial charge in [-0.2, -0.15) is 8.70 Å². The van der Waals surface area contributed by atoms with E-state index in [9.17, 15) is 22.7 Å². The lowest BCUT2D eigenvalue weighted by atomic mass is 10.1. The van der Waals surface area contributed by atoms with Crippen LogP contribution in [0.25, 0.3) is 0 Å². The van der Waals surface area contributed by atoms with E-state index in [-0.39, 0.29) is 28.4 Å². The first-order chi connectivity index (χ1) is 15.9. The quantitative estimate of drug-likeness (QED) is 0.417. The van der Waals surface area contributed by atoms with Crippen LogP contribution in [-0.4, -0.2) is 72.9 Å². The zero-order valence-electron chi connectivity index (χ0n) is 17.5. The molecule has 0 saturated carbocycles. The summed E-state index contributed by atoms with van der Waals surface area (Å²) in [6, 6.07) is 5.21. The number of ether oxygens (including phenoxy) is 1. The zero-order valence-corrected chi connectivity index (χ0v) is 19.1. The maximum absolute atomic E-state index is 13.3. The summed E-state index contributed by atoms with van der Waals surface area (Å²) in [6.07, 6.45) is 2.58. The van der Waals surface area contributed by atoms with Gasteiger partial charge >= 0.3 is 0 Å². The van der Waals surface area contributed by atoms with Crippen molar-refractivity contribution in [3.63, 3.8) is 0 Å². The van der Waals surface area contributed by atoms with Crippen LogP contribution in [0.3, 0.4) is 0 Å². The van der Waals surface area contributed by atoms with Gasteiger partial charge < -0.3 is 14.7 Å². The number of oxime groups is 1. The van der Waals surface area contributed by atoms with Gasteiger partial charge in [0.2, 0.25) is 10.0 Å². The lowest BCUT2D eigenvalue weighted by molar-refractivity contribution is -0.110. The molecule has 0 radical (unpaired) electrons. The molecule has 10 nitrogen and oxygen atoms in total. The minimum atomic E-state index is -3.80. The number of benzene rings is 1. The molecule has 3 heterocycles. The normalized spacial score (nSPS) is 21.9. The van der Waals surface area contributed by atoms with Crippen LogP contribution in [0.5, 0.6) is 0 Å². The number of aromatic nitrogens is 1. The van der Waals surface area contributed by atoms with Crippen LogP contribution >= 0.6 is 11.3 Å². The molecule has 33 heavy (non-hydrogen) atoms. The van der Waals surface area contributed by atoms with Crippen molar-refractivity contribution in [1.29, 1.82) is 0 Å². The van der Waals surface area contributed by atoms with Crippen molar-refractivity contribution in [2.24, 2.45) is 5.16 Å². The van der Waals surface area contributed by atoms with E-state index < -0.39 is 27.1 Å². The SMILES string of the molecule is O=C(Nc1ncc(F)s1)/C(=N/O[C@@H]1CCOC1)c1ccc(S(=O)(=O)N2CCC[C@H]2CO)cc1. The van der Waals surface area contributed by atoms with Crippen LogP contribution in [0.15, 0.2) is 40.5 Å². The summed E-state index contributed by atoms with van der Waals surface area (Å²) in [7, 11) is -3.80. The Morgan fingerprint density at radius 1 is 1.36 bits per heavy atom. The Hall–Kier alpha value is -2.45. The van der Waals surface area contributed by atoms with E-state index in [4.69, 9.17) is 9.57 Å². The number of rotatable bonds is 8. The second kappa shape index (κ2) is 10.2. The van der Waals surface area contributed by atoms with Gasteiger partial charge in [0, 0.05) is 24.6 Å². The third-order valence-electron chi connectivity index (χ3n) is 5.36. The molecule has 1 aromatic heterocycles. The second-order valence-electron chi connectivity index (χ2n) is 7.57. The number of nitrogens with one attached hydrogen (secondary N) is 1. The Morgan fingerprint density at radius 3 is 2.79 bits per heavy atom. The largest absolute Gasteiger partial charge is 0.395 e. The summed E-state index contributed by atoms with van der Waals surface area (Å²) in [5.74, 6) is -0.682. The molecule has 0 aliphatic carbocycles. The van der Waals surface area contributed by atoms with Crippen molar-refractivity contribution >= 4 is 38.1 Å². The van der Waals surface area contributed by atoms with Crippen LogP contribution in [0.2, 0.25) is 0 Å². The summed E-state index contributed by atoms with van der Waals surface area (Å²) >= 11 is 0.663. The van der Waals surface area contributed by atoms with Crippen molar-refractivity contribution in [2.75, 3.05) is 31.7 Å². The number of sulfonamides is 1. The van der Waals surface area contributed by atoms with E-state index >= 15 is 0 Å². The van der Waals surface area contributed by atoms with E-state index in [0.717, 1.165) is 6.20 Å². The van der Waals surface area contributed by atoms with Gasteiger partial charge in [-0.05, 0) is 25.0 Å². The van der Waals surface area contributed by atoms with Gasteiger partial charge in [-0.3, -0.25) is 10.1 Å². The Balaban J connectivity index is 1.58. The first-order valence-corrected chi connectivity index (χ1v) is 12.6. The van der Waals surface area contributed by atoms with Crippen LogP contribution in [0.1, 0.15) is 24.8 Å². The molecule has 1 aromatic carbocycles. The highest BCUT2D eigenvalue weighted by Gasteiger charge is 2.35. The van der Waals surface area contributed by atoms with Gasteiger partial charge in [0.1, 0.15) is 0 Å². The molecular formula is C20H23FN4O6S2. The number of aliphatic hydroxyl groups excluding tert-OH is 1. The number of thiazole rings is 1. The first kappa shape index (κ1) is 23.7. The fraction of sp³-hybridized carbons (Fsp3) is 0.450. The standard InChI is InChI=1S/C20H23FN4O6S2/c21-17-10-22-20(32-17)23-19(27)18(24-31-15-7-9-30-12-15)13-3-5-16(6-4-13)33(28,29)25-8-1-2-14(25)11-26/h3-6,10,14-15,26H,1-2,7-9,11-12H2,(H,22,23,27)/b24-18+/t14-,15+/m0/s1. The zero-order chi connectivity index (χ0) is 23.4. The van der Waals surface area contributed by atoms with Crippen LogP contribution in [0, 0.1) is 5.13 Å². The third kappa shape index (κ3) is 5.38. The molecule has 0 bridgehead atoms. The van der Waals surface area contributed by atoms with Crippen LogP contribution < -0.4 is 5.32 Å². The average Bonchev–Trinajstić information content (AvgIpc) is 3.56. The lowest BCUT2D eigenvalue weighted by Crippen LogP contribution is -2.37. The Labute approximate surface area is 194 Å². The second-order valence-corrected chi connectivity index (χ2v) is 10.4. The predicted octanol–water partition coefficient (Wildman–Crippen LogP) is 1.58. The number of aliphatic hydroxyl groups is 1. The lowest BCUT2D eigenvalue weighted by Gasteiger charge is -2.22. The van der Waals surface area contributed by atoms with Gasteiger partial charge in [-0.1, -0.05) is 28.6 Å². The topological polar surface area (TPSA) is 130 Å². The minimum absolute atomic E-state index is 0.0402. The molecule has 178 valence electrons. The summed E-state index contributed by atoms with van der Waals surface area (Å²) in [6.45, 7) is 0.965. The van der Waals surface area contributed by atoms with Gasteiger partial charge in [-0.15, -0.1) is 0 Å². The molecule has 2 aromatic rings. The fourth-order valence-electron chi connectivity index (χ4n) is 3.65. The molecule has 2 N–H and O–H groups in total. The molecule has 0 unspecified atom stereocenters. The number of hydrogen-bond acceptors (Lipinski definition) is 9. The summed E-state index contributed by atoms with van der Waals surface area (Å²) in [5.41, 5.74) is 0.193. The van der Waals surface area contributed by atoms with Gasteiger partial charge in [0.25, 0.3) is 5.91 Å². The van der Waals surface area contributed by atoms with Gasteiger partial charge in [0.15, 0.2) is 22.1 Å². The van der Waals surface area contributed by atoms with Crippen molar-refractivity contribution in [1.82, 2.24) is 9.29 Å². The number of anilines is 1. The molecule has 4 rings (SSSR count). The smallest absolute Gasteiger partial charge is 0.280 e. The Bertz CT molecular complexity index is 1120. The Kier molecular flexibility index (Phi) is 7.34. The van der Waals surface area contributed by atoms with E-state index in [1.54, 1.807) is 0 Å². The molecule has 0 spiro atoms. The first-order valence-electron chi connectivity index (χ1n) is 10.4. The van der Waals surface area contributed by atoms with Crippen molar-refractivity contribution in [2.45, 2.75) is 36.3 Å². The number of carbonyl (C=O) groups excluding carboxylic acids is 1. The summed E-state index contributed by atoms with van der Waals surface area (Å²) < 4.78 is 45.8. The molecule has 2 aliphatic heterocycles. The number of hydrogen-bond donors (Lipinski definition) is 2. The average molecular weight is 499 g/mol. The monoisotopic (exact) mass is 498 g/mol. The molecule has 1 amide bonds. The molecule has 2 fully saturated rings. The number of halogens is 1. The van der Waals surface area contributed by atoms with Crippen molar-refractivity contribution in [3.8, 4) is 0 Å². The third-order valence-corrected chi connectivity index (χ3v) is 8.03. The van der Waals surface area contributed by atoms with Gasteiger partial charge in [0.05, 0.1) is 30.9 Å². The highest BCUT2D eigenvalue weighted by Crippen LogP contribution is 2.26. The number of amides is 1. The maximum Gasteiger partial charge on any atom is 0.280 e. The number of nitrogens with zero attached hydrogens (tertiary/aromatic N) is 3. The Morgan fingerprint density at radius 2 is 2.15 bits per heavy atom. The molecule has 2 saturated heterocycles. The molecule has 13 heteroatoms. The minimum Gasteiger partial charge on any atom is -0.395 e. The van der Waals surface area contributed by atoms with Crippen LogP contribution in [0.4, 0.5) is 9.52 Å². The molecule has 2 aliphatic rings. The van der Waals surface area contributed by atoms with E-state index in [2.05, 4.69) is 15.5 Å². The summed E-state index contributed by atoms with van der Waals surface area (Å²) in [5, 5.41) is 15.4. The van der Waals surface area contributed by atoms with Gasteiger partial charge in [-0.25, -0.2) is 13.4 Å². The highest BCUT2D eigenvalue weighted by molar-refractivity contribution is 7.89. The fourth-order valence-corrected chi connectivity index (χ4v) is 5.87. The van der Waals surface area contributed by atoms with Crippen molar-refractivity contribution < 1.29 is 32.3 Å². The van der Waals surface area contributed by atoms with Crippen molar-refractivity contribution in [3.05, 3.63) is 41.2 Å². The van der Waals surface area contributed by atoms with E-state index in [1.165, 1.54) is 28.6 Å². The van der Waals surface area contributed by atoms with E-state index in [1.807, 2.05) is 0 Å². The van der Waals surface area contributed by atoms with E-state index in [0.29, 0.717) is 55.9 Å². The maximum atomic E-state index is 13.3. The molecular weight excluding hydrogens is 475 g/mol. The highest BCUT2D eigenvalue weighted by atomic mass is 32.2. The molecule has 2 atom stereocenters. The number of carbonyl (C=O) groups is 1. The predicted molar refractivity (Wildman–Crippen MR) is 118 cm³/mol. The van der Waals surface area contributed by atoms with Crippen LogP contribution in [-0.2, 0) is 24.4 Å².